The number of hydrogen-bond acceptors (Lipinski definition) is 3. The van der Waals surface area contributed by atoms with Crippen LogP contribution in [0.25, 0.3) is 0 Å². The zero-order valence-corrected chi connectivity index (χ0v) is 11.4. The fourth-order valence-corrected chi connectivity index (χ4v) is 2.21. The summed E-state index contributed by atoms with van der Waals surface area (Å²) < 4.78 is 39.7. The summed E-state index contributed by atoms with van der Waals surface area (Å²) in [5.74, 6) is -1.92. The minimum absolute atomic E-state index is 0.0144. The molecule has 0 saturated heterocycles. The first kappa shape index (κ1) is 16.1. The van der Waals surface area contributed by atoms with Crippen LogP contribution in [0, 0.1) is 5.92 Å². The Hall–Kier alpha value is -2.25. The molecule has 120 valence electrons. The van der Waals surface area contributed by atoms with Gasteiger partial charge in [0.1, 0.15) is 5.75 Å². The Morgan fingerprint density at radius 3 is 2.32 bits per heavy atom. The molecule has 1 aliphatic rings. The number of ether oxygens (including phenoxy) is 1. The molecule has 2 N–H and O–H groups in total. The summed E-state index contributed by atoms with van der Waals surface area (Å²) in [5.41, 5.74) is 0.543. The van der Waals surface area contributed by atoms with Crippen LogP contribution in [0.3, 0.4) is 0 Å². The molecule has 1 aliphatic carbocycles. The molecule has 0 heterocycles. The molecular weight excluding hydrogens is 303 g/mol. The van der Waals surface area contributed by atoms with Crippen LogP contribution in [0.2, 0.25) is 0 Å². The summed E-state index contributed by atoms with van der Waals surface area (Å²) in [4.78, 5) is 22.4. The zero-order valence-electron chi connectivity index (χ0n) is 11.4. The minimum atomic E-state index is -4.75. The highest BCUT2D eigenvalue weighted by Gasteiger charge is 2.35. The average Bonchev–Trinajstić information content (AvgIpc) is 2.33. The number of amides is 1. The molecule has 1 aromatic rings. The number of carboxylic acids is 1. The van der Waals surface area contributed by atoms with Gasteiger partial charge in [-0.3, -0.25) is 9.59 Å². The highest BCUT2D eigenvalue weighted by molar-refractivity contribution is 5.79. The summed E-state index contributed by atoms with van der Waals surface area (Å²) in [6.45, 7) is 0. The van der Waals surface area contributed by atoms with Crippen LogP contribution in [0.5, 0.6) is 5.75 Å². The molecule has 0 aromatic heterocycles. The van der Waals surface area contributed by atoms with Gasteiger partial charge in [-0.05, 0) is 30.5 Å². The summed E-state index contributed by atoms with van der Waals surface area (Å²) in [5, 5.41) is 11.4. The van der Waals surface area contributed by atoms with Crippen molar-refractivity contribution < 1.29 is 32.6 Å². The van der Waals surface area contributed by atoms with E-state index in [0.717, 1.165) is 12.1 Å². The Kier molecular flexibility index (Phi) is 4.58. The van der Waals surface area contributed by atoms with E-state index in [9.17, 15) is 22.8 Å². The van der Waals surface area contributed by atoms with E-state index in [0.29, 0.717) is 18.4 Å². The molecule has 5 nitrogen and oxygen atoms in total. The van der Waals surface area contributed by atoms with Crippen molar-refractivity contribution in [2.75, 3.05) is 0 Å². The third-order valence-electron chi connectivity index (χ3n) is 3.37. The lowest BCUT2D eigenvalue weighted by atomic mass is 9.80. The van der Waals surface area contributed by atoms with Crippen LogP contribution in [0.1, 0.15) is 18.4 Å². The van der Waals surface area contributed by atoms with Crippen LogP contribution in [0.4, 0.5) is 13.2 Å². The molecule has 0 aliphatic heterocycles. The van der Waals surface area contributed by atoms with Gasteiger partial charge in [0.05, 0.1) is 12.3 Å². The smallest absolute Gasteiger partial charge is 0.481 e. The van der Waals surface area contributed by atoms with E-state index < -0.39 is 18.2 Å². The van der Waals surface area contributed by atoms with Gasteiger partial charge in [-0.1, -0.05) is 12.1 Å². The second-order valence-electron chi connectivity index (χ2n) is 5.14. The molecule has 2 rings (SSSR count). The van der Waals surface area contributed by atoms with Crippen LogP contribution < -0.4 is 10.1 Å². The van der Waals surface area contributed by atoms with E-state index in [-0.39, 0.29) is 24.1 Å². The van der Waals surface area contributed by atoms with Crippen LogP contribution in [-0.2, 0) is 16.0 Å². The molecule has 0 unspecified atom stereocenters. The van der Waals surface area contributed by atoms with Crippen molar-refractivity contribution in [1.29, 1.82) is 0 Å². The number of carbonyl (C=O) groups is 2. The standard InChI is InChI=1S/C14H14F3NO4/c15-14(16,17)22-11-3-1-8(2-4-11)5-12(19)18-10-6-9(7-10)13(20)21/h1-4,9-10H,5-7H2,(H,18,19)(H,20,21). The van der Waals surface area contributed by atoms with E-state index in [1.807, 2.05) is 0 Å². The zero-order chi connectivity index (χ0) is 16.3. The van der Waals surface area contributed by atoms with E-state index >= 15 is 0 Å². The largest absolute Gasteiger partial charge is 0.573 e. The first-order valence-corrected chi connectivity index (χ1v) is 6.60. The van der Waals surface area contributed by atoms with E-state index in [1.54, 1.807) is 0 Å². The van der Waals surface area contributed by atoms with Gasteiger partial charge in [0, 0.05) is 6.04 Å². The highest BCUT2D eigenvalue weighted by Crippen LogP contribution is 2.27. The number of hydrogen-bond donors (Lipinski definition) is 2. The van der Waals surface area contributed by atoms with Crippen molar-refractivity contribution in [3.05, 3.63) is 29.8 Å². The number of aliphatic carboxylic acids is 1. The lowest BCUT2D eigenvalue weighted by molar-refractivity contribution is -0.274. The molecule has 1 aromatic carbocycles. The first-order chi connectivity index (χ1) is 10.2. The van der Waals surface area contributed by atoms with Gasteiger partial charge in [-0.25, -0.2) is 0 Å². The lowest BCUT2D eigenvalue weighted by Crippen LogP contribution is -2.47. The molecule has 0 bridgehead atoms. The maximum atomic E-state index is 12.0. The number of rotatable bonds is 5. The van der Waals surface area contributed by atoms with Crippen LogP contribution in [-0.4, -0.2) is 29.4 Å². The number of carbonyl (C=O) groups excluding carboxylic acids is 1. The van der Waals surface area contributed by atoms with Gasteiger partial charge in [0.15, 0.2) is 0 Å². The quantitative estimate of drug-likeness (QED) is 0.872. The Labute approximate surface area is 124 Å². The molecule has 22 heavy (non-hydrogen) atoms. The second kappa shape index (κ2) is 6.25. The number of alkyl halides is 3. The molecule has 1 amide bonds. The SMILES string of the molecule is O=C(Cc1ccc(OC(F)(F)F)cc1)NC1CC(C(=O)O)C1. The lowest BCUT2D eigenvalue weighted by Gasteiger charge is -2.32. The number of carboxylic acid groups (broad SMARTS) is 1. The van der Waals surface area contributed by atoms with E-state index in [4.69, 9.17) is 5.11 Å². The minimum Gasteiger partial charge on any atom is -0.481 e. The third kappa shape index (κ3) is 4.64. The Morgan fingerprint density at radius 1 is 1.23 bits per heavy atom. The highest BCUT2D eigenvalue weighted by atomic mass is 19.4. The number of benzene rings is 1. The van der Waals surface area contributed by atoms with Crippen molar-refractivity contribution >= 4 is 11.9 Å². The number of halogens is 3. The van der Waals surface area contributed by atoms with Crippen molar-refractivity contribution in [3.63, 3.8) is 0 Å². The van der Waals surface area contributed by atoms with Gasteiger partial charge in [0.25, 0.3) is 0 Å². The molecule has 1 fully saturated rings. The van der Waals surface area contributed by atoms with Crippen molar-refractivity contribution in [1.82, 2.24) is 5.32 Å². The maximum absolute atomic E-state index is 12.0. The van der Waals surface area contributed by atoms with Gasteiger partial charge in [-0.15, -0.1) is 13.2 Å². The molecule has 1 saturated carbocycles. The monoisotopic (exact) mass is 317 g/mol. The summed E-state index contributed by atoms with van der Waals surface area (Å²) in [6.07, 6.45) is -3.93. The second-order valence-corrected chi connectivity index (χ2v) is 5.14. The Morgan fingerprint density at radius 2 is 1.82 bits per heavy atom. The van der Waals surface area contributed by atoms with E-state index in [2.05, 4.69) is 10.1 Å². The van der Waals surface area contributed by atoms with Gasteiger partial charge in [0.2, 0.25) is 5.91 Å². The average molecular weight is 317 g/mol. The Balaban J connectivity index is 1.79. The third-order valence-corrected chi connectivity index (χ3v) is 3.37. The molecule has 0 radical (unpaired) electrons. The normalized spacial score (nSPS) is 20.9. The number of nitrogens with one attached hydrogen (secondary N) is 1. The van der Waals surface area contributed by atoms with Gasteiger partial charge in [-0.2, -0.15) is 0 Å². The molecular formula is C14H14F3NO4. The molecule has 0 spiro atoms. The fourth-order valence-electron chi connectivity index (χ4n) is 2.21. The van der Waals surface area contributed by atoms with Gasteiger partial charge >= 0.3 is 12.3 Å². The van der Waals surface area contributed by atoms with Crippen molar-refractivity contribution in [2.45, 2.75) is 31.7 Å². The predicted octanol–water partition coefficient (Wildman–Crippen LogP) is 2.11. The van der Waals surface area contributed by atoms with Crippen LogP contribution >= 0.6 is 0 Å². The van der Waals surface area contributed by atoms with Crippen LogP contribution in [0.15, 0.2) is 24.3 Å². The van der Waals surface area contributed by atoms with Gasteiger partial charge < -0.3 is 15.2 Å². The predicted molar refractivity (Wildman–Crippen MR) is 69.1 cm³/mol. The Bertz CT molecular complexity index is 550. The first-order valence-electron chi connectivity index (χ1n) is 6.60. The topological polar surface area (TPSA) is 75.6 Å². The maximum Gasteiger partial charge on any atom is 0.573 e. The van der Waals surface area contributed by atoms with Crippen molar-refractivity contribution in [3.8, 4) is 5.75 Å². The summed E-state index contributed by atoms with van der Waals surface area (Å²) in [6, 6.07) is 4.88. The summed E-state index contributed by atoms with van der Waals surface area (Å²) in [7, 11) is 0. The molecule has 8 heteroatoms. The summed E-state index contributed by atoms with van der Waals surface area (Å²) >= 11 is 0. The van der Waals surface area contributed by atoms with Crippen molar-refractivity contribution in [2.24, 2.45) is 5.92 Å². The molecule has 0 atom stereocenters. The fraction of sp³-hybridized carbons (Fsp3) is 0.429. The van der Waals surface area contributed by atoms with E-state index in [1.165, 1.54) is 12.1 Å².